The lowest BCUT2D eigenvalue weighted by atomic mass is 10.1. The molecule has 4 unspecified atom stereocenters. The van der Waals surface area contributed by atoms with Gasteiger partial charge >= 0.3 is 17.9 Å². The first kappa shape index (κ1) is 30.1. The second-order valence-corrected chi connectivity index (χ2v) is 8.24. The molecular formula is C20H33N7O9. The summed E-state index contributed by atoms with van der Waals surface area (Å²) < 4.78 is 0. The molecule has 0 aromatic rings. The van der Waals surface area contributed by atoms with Gasteiger partial charge in [-0.2, -0.15) is 0 Å². The number of hydrogen-bond donors (Lipinski definition) is 8. The zero-order chi connectivity index (χ0) is 27.4. The van der Waals surface area contributed by atoms with Crippen LogP contribution in [-0.4, -0.2) is 99.1 Å². The normalized spacial score (nSPS) is 17.4. The summed E-state index contributed by atoms with van der Waals surface area (Å²) in [5.41, 5.74) is 16.2. The summed E-state index contributed by atoms with van der Waals surface area (Å²) in [7, 11) is 0. The molecule has 1 aliphatic heterocycles. The van der Waals surface area contributed by atoms with Gasteiger partial charge in [-0.3, -0.25) is 29.0 Å². The van der Waals surface area contributed by atoms with Gasteiger partial charge in [0.15, 0.2) is 5.96 Å². The number of aliphatic carboxylic acids is 3. The zero-order valence-electron chi connectivity index (χ0n) is 19.6. The lowest BCUT2D eigenvalue weighted by Gasteiger charge is -2.28. The van der Waals surface area contributed by atoms with Gasteiger partial charge in [0.2, 0.25) is 17.7 Å². The van der Waals surface area contributed by atoms with Crippen LogP contribution >= 0.6 is 0 Å². The predicted molar refractivity (Wildman–Crippen MR) is 123 cm³/mol. The highest BCUT2D eigenvalue weighted by molar-refractivity contribution is 5.96. The van der Waals surface area contributed by atoms with Gasteiger partial charge in [0.1, 0.15) is 18.1 Å². The number of nitrogens with zero attached hydrogens (tertiary/aromatic N) is 2. The lowest BCUT2D eigenvalue weighted by Crippen LogP contribution is -2.57. The van der Waals surface area contributed by atoms with E-state index in [0.717, 1.165) is 4.90 Å². The third-order valence-corrected chi connectivity index (χ3v) is 5.40. The van der Waals surface area contributed by atoms with E-state index >= 15 is 0 Å². The van der Waals surface area contributed by atoms with Crippen molar-refractivity contribution in [1.82, 2.24) is 15.5 Å². The number of carbonyl (C=O) groups is 6. The van der Waals surface area contributed by atoms with E-state index in [4.69, 9.17) is 22.3 Å². The number of guanidine groups is 1. The summed E-state index contributed by atoms with van der Waals surface area (Å²) in [5, 5.41) is 32.1. The molecule has 0 bridgehead atoms. The minimum atomic E-state index is -1.63. The van der Waals surface area contributed by atoms with Crippen molar-refractivity contribution in [3.8, 4) is 0 Å². The van der Waals surface area contributed by atoms with E-state index in [2.05, 4.69) is 15.6 Å². The summed E-state index contributed by atoms with van der Waals surface area (Å²) in [5.74, 6) is -6.79. The number of nitrogens with one attached hydrogen (secondary N) is 2. The number of aliphatic imine (C=N–C) groups is 1. The fourth-order valence-electron chi connectivity index (χ4n) is 3.60. The summed E-state index contributed by atoms with van der Waals surface area (Å²) in [6, 6.07) is -5.33. The van der Waals surface area contributed by atoms with Crippen LogP contribution in [0.3, 0.4) is 0 Å². The van der Waals surface area contributed by atoms with Crippen LogP contribution in [0, 0.1) is 0 Å². The minimum Gasteiger partial charge on any atom is -0.481 e. The lowest BCUT2D eigenvalue weighted by molar-refractivity contribution is -0.150. The molecule has 16 heteroatoms. The van der Waals surface area contributed by atoms with E-state index < -0.39 is 72.6 Å². The molecule has 36 heavy (non-hydrogen) atoms. The Kier molecular flexibility index (Phi) is 12.1. The van der Waals surface area contributed by atoms with Crippen LogP contribution in [0.25, 0.3) is 0 Å². The Hall–Kier alpha value is -3.95. The SMILES string of the molecule is NC(N)=NCCCC(N)C(=O)NC(CCC(=O)O)C(=O)NC(CC(=O)O)C(=O)N1CCCC1C(=O)O. The van der Waals surface area contributed by atoms with E-state index in [9.17, 15) is 39.0 Å². The van der Waals surface area contributed by atoms with Gasteiger partial charge in [0.05, 0.1) is 12.5 Å². The van der Waals surface area contributed by atoms with Crippen LogP contribution < -0.4 is 27.8 Å². The molecule has 1 aliphatic rings. The highest BCUT2D eigenvalue weighted by atomic mass is 16.4. The first-order valence-corrected chi connectivity index (χ1v) is 11.2. The topological polar surface area (TPSA) is 281 Å². The van der Waals surface area contributed by atoms with Crippen LogP contribution in [-0.2, 0) is 28.8 Å². The van der Waals surface area contributed by atoms with E-state index in [1.165, 1.54) is 0 Å². The smallest absolute Gasteiger partial charge is 0.326 e. The Balaban J connectivity index is 2.95. The maximum atomic E-state index is 12.9. The molecule has 11 N–H and O–H groups in total. The molecule has 3 amide bonds. The average Bonchev–Trinajstić information content (AvgIpc) is 3.27. The molecule has 1 heterocycles. The molecule has 0 spiro atoms. The third kappa shape index (κ3) is 10.1. The molecule has 0 aromatic carbocycles. The molecular weight excluding hydrogens is 482 g/mol. The number of carbonyl (C=O) groups excluding carboxylic acids is 3. The van der Waals surface area contributed by atoms with E-state index in [1.54, 1.807) is 0 Å². The Morgan fingerprint density at radius 3 is 2.14 bits per heavy atom. The standard InChI is InChI=1S/C20H33N7O9/c21-10(3-1-7-24-20(22)23)16(32)25-11(5-6-14(28)29)17(33)26-12(9-15(30)31)18(34)27-8-2-4-13(27)19(35)36/h10-13H,1-9,21H2,(H,25,32)(H,26,33)(H,28,29)(H,30,31)(H,35,36)(H4,22,23,24). The monoisotopic (exact) mass is 515 g/mol. The molecule has 1 fully saturated rings. The Labute approximate surface area is 206 Å². The van der Waals surface area contributed by atoms with Gasteiger partial charge in [0.25, 0.3) is 0 Å². The number of hydrogen-bond acceptors (Lipinski definition) is 8. The second kappa shape index (κ2) is 14.4. The second-order valence-electron chi connectivity index (χ2n) is 8.24. The van der Waals surface area contributed by atoms with Gasteiger partial charge in [-0.05, 0) is 32.1 Å². The largest absolute Gasteiger partial charge is 0.481 e. The van der Waals surface area contributed by atoms with E-state index in [-0.39, 0.29) is 38.3 Å². The minimum absolute atomic E-state index is 0.0652. The van der Waals surface area contributed by atoms with Crippen molar-refractivity contribution in [2.75, 3.05) is 13.1 Å². The van der Waals surface area contributed by atoms with Crippen LogP contribution in [0.5, 0.6) is 0 Å². The molecule has 0 aromatic heterocycles. The van der Waals surface area contributed by atoms with Crippen molar-refractivity contribution in [3.05, 3.63) is 0 Å². The molecule has 16 nitrogen and oxygen atoms in total. The third-order valence-electron chi connectivity index (χ3n) is 5.40. The van der Waals surface area contributed by atoms with Crippen molar-refractivity contribution in [2.45, 2.75) is 69.1 Å². The summed E-state index contributed by atoms with van der Waals surface area (Å²) in [4.78, 5) is 76.8. The first-order chi connectivity index (χ1) is 16.8. The predicted octanol–water partition coefficient (Wildman–Crippen LogP) is -3.25. The maximum Gasteiger partial charge on any atom is 0.326 e. The highest BCUT2D eigenvalue weighted by Gasteiger charge is 2.39. The number of carboxylic acid groups (broad SMARTS) is 3. The summed E-state index contributed by atoms with van der Waals surface area (Å²) in [6.07, 6.45) is -0.707. The van der Waals surface area contributed by atoms with Crippen LogP contribution in [0.2, 0.25) is 0 Å². The number of carboxylic acids is 3. The molecule has 4 atom stereocenters. The number of amides is 3. The van der Waals surface area contributed by atoms with E-state index in [1.807, 2.05) is 0 Å². The molecule has 0 radical (unpaired) electrons. The van der Waals surface area contributed by atoms with Crippen LogP contribution in [0.15, 0.2) is 4.99 Å². The van der Waals surface area contributed by atoms with Gasteiger partial charge in [-0.15, -0.1) is 0 Å². The van der Waals surface area contributed by atoms with Crippen molar-refractivity contribution in [1.29, 1.82) is 0 Å². The van der Waals surface area contributed by atoms with Crippen LogP contribution in [0.1, 0.15) is 44.9 Å². The maximum absolute atomic E-state index is 12.9. The Morgan fingerprint density at radius 1 is 0.944 bits per heavy atom. The first-order valence-electron chi connectivity index (χ1n) is 11.2. The van der Waals surface area contributed by atoms with Crippen molar-refractivity contribution >= 4 is 41.6 Å². The van der Waals surface area contributed by atoms with Crippen LogP contribution in [0.4, 0.5) is 0 Å². The molecule has 1 saturated heterocycles. The Bertz CT molecular complexity index is 876. The van der Waals surface area contributed by atoms with Gasteiger partial charge < -0.3 is 48.1 Å². The average molecular weight is 516 g/mol. The summed E-state index contributed by atoms with van der Waals surface area (Å²) in [6.45, 7) is 0.273. The molecule has 0 aliphatic carbocycles. The molecule has 1 rings (SSSR count). The highest BCUT2D eigenvalue weighted by Crippen LogP contribution is 2.19. The summed E-state index contributed by atoms with van der Waals surface area (Å²) >= 11 is 0. The van der Waals surface area contributed by atoms with E-state index in [0.29, 0.717) is 12.8 Å². The Morgan fingerprint density at radius 2 is 1.58 bits per heavy atom. The quantitative estimate of drug-likeness (QED) is 0.0606. The zero-order valence-corrected chi connectivity index (χ0v) is 19.6. The van der Waals surface area contributed by atoms with Gasteiger partial charge in [0, 0.05) is 19.5 Å². The van der Waals surface area contributed by atoms with Gasteiger partial charge in [-0.1, -0.05) is 0 Å². The van der Waals surface area contributed by atoms with Crippen molar-refractivity contribution in [2.24, 2.45) is 22.2 Å². The number of nitrogens with two attached hydrogens (primary N) is 3. The van der Waals surface area contributed by atoms with Crippen molar-refractivity contribution in [3.63, 3.8) is 0 Å². The van der Waals surface area contributed by atoms with Gasteiger partial charge in [-0.25, -0.2) is 4.79 Å². The number of rotatable bonds is 15. The molecule has 0 saturated carbocycles. The number of likely N-dealkylation sites (tertiary alicyclic amines) is 1. The fourth-order valence-corrected chi connectivity index (χ4v) is 3.60. The van der Waals surface area contributed by atoms with Crippen molar-refractivity contribution < 1.29 is 44.1 Å². The molecule has 202 valence electrons. The fraction of sp³-hybridized carbons (Fsp3) is 0.650.